The summed E-state index contributed by atoms with van der Waals surface area (Å²) in [6.07, 6.45) is 5.12. The number of hydrogen-bond donors (Lipinski definition) is 1. The SMILES string of the molecule is CC[C@H](NC(=O)N1CCc2ccc(S(C)(=O)=O)cc2CC1)c1nccs1. The Morgan fingerprint density at radius 2 is 2.04 bits per heavy atom. The average Bonchev–Trinajstić information content (AvgIpc) is 3.05. The molecule has 2 aromatic rings. The third kappa shape index (κ3) is 4.24. The maximum atomic E-state index is 12.7. The average molecular weight is 394 g/mol. The van der Waals surface area contributed by atoms with Gasteiger partial charge in [-0.15, -0.1) is 11.3 Å². The fourth-order valence-corrected chi connectivity index (χ4v) is 4.56. The fraction of sp³-hybridized carbons (Fsp3) is 0.444. The minimum absolute atomic E-state index is 0.0787. The van der Waals surface area contributed by atoms with Crippen molar-refractivity contribution in [2.45, 2.75) is 37.1 Å². The Labute approximate surface area is 158 Å². The second kappa shape index (κ2) is 7.75. The molecule has 140 valence electrons. The Kier molecular flexibility index (Phi) is 5.62. The zero-order valence-electron chi connectivity index (χ0n) is 14.9. The lowest BCUT2D eigenvalue weighted by atomic mass is 10.0. The Morgan fingerprint density at radius 3 is 2.65 bits per heavy atom. The minimum Gasteiger partial charge on any atom is -0.329 e. The number of nitrogens with zero attached hydrogens (tertiary/aromatic N) is 2. The van der Waals surface area contributed by atoms with Gasteiger partial charge in [-0.25, -0.2) is 18.2 Å². The van der Waals surface area contributed by atoms with Crippen LogP contribution in [0.1, 0.15) is 35.5 Å². The van der Waals surface area contributed by atoms with E-state index in [0.29, 0.717) is 24.4 Å². The maximum Gasteiger partial charge on any atom is 0.317 e. The van der Waals surface area contributed by atoms with Gasteiger partial charge in [0.15, 0.2) is 9.84 Å². The number of fused-ring (bicyclic) bond motifs is 1. The van der Waals surface area contributed by atoms with Crippen LogP contribution in [0.4, 0.5) is 4.79 Å². The van der Waals surface area contributed by atoms with E-state index in [-0.39, 0.29) is 12.1 Å². The largest absolute Gasteiger partial charge is 0.329 e. The highest BCUT2D eigenvalue weighted by Crippen LogP contribution is 2.22. The molecular weight excluding hydrogens is 370 g/mol. The van der Waals surface area contributed by atoms with Gasteiger partial charge in [0.25, 0.3) is 0 Å². The second-order valence-electron chi connectivity index (χ2n) is 6.47. The molecule has 1 N–H and O–H groups in total. The smallest absolute Gasteiger partial charge is 0.317 e. The summed E-state index contributed by atoms with van der Waals surface area (Å²) in [5.74, 6) is 0. The molecule has 0 bridgehead atoms. The van der Waals surface area contributed by atoms with Crippen molar-refractivity contribution in [2.24, 2.45) is 0 Å². The molecule has 0 aliphatic carbocycles. The lowest BCUT2D eigenvalue weighted by Gasteiger charge is -2.24. The van der Waals surface area contributed by atoms with Crippen LogP contribution >= 0.6 is 11.3 Å². The standard InChI is InChI=1S/C18H23N3O3S2/c1-3-16(17-19-8-11-25-17)20-18(22)21-9-6-13-4-5-15(26(2,23)24)12-14(13)7-10-21/h4-5,8,11-12,16H,3,6-7,9-10H2,1-2H3,(H,20,22)/t16-/m0/s1. The zero-order chi connectivity index (χ0) is 18.7. The van der Waals surface area contributed by atoms with Crippen LogP contribution in [-0.2, 0) is 22.7 Å². The highest BCUT2D eigenvalue weighted by molar-refractivity contribution is 7.90. The van der Waals surface area contributed by atoms with Gasteiger partial charge in [-0.05, 0) is 42.5 Å². The van der Waals surface area contributed by atoms with Gasteiger partial charge in [0, 0.05) is 30.9 Å². The number of amides is 2. The van der Waals surface area contributed by atoms with E-state index in [1.165, 1.54) is 6.26 Å². The Balaban J connectivity index is 1.69. The van der Waals surface area contributed by atoms with Crippen LogP contribution in [0.25, 0.3) is 0 Å². The van der Waals surface area contributed by atoms with Crippen LogP contribution in [0.15, 0.2) is 34.7 Å². The molecule has 0 fully saturated rings. The van der Waals surface area contributed by atoms with Crippen LogP contribution in [0, 0.1) is 0 Å². The summed E-state index contributed by atoms with van der Waals surface area (Å²) in [7, 11) is -3.22. The summed E-state index contributed by atoms with van der Waals surface area (Å²) >= 11 is 1.54. The number of thiazole rings is 1. The first-order valence-corrected chi connectivity index (χ1v) is 11.4. The first-order valence-electron chi connectivity index (χ1n) is 8.65. The third-order valence-corrected chi connectivity index (χ3v) is 6.65. The van der Waals surface area contributed by atoms with Crippen molar-refractivity contribution in [1.82, 2.24) is 15.2 Å². The Morgan fingerprint density at radius 1 is 1.31 bits per heavy atom. The summed E-state index contributed by atoms with van der Waals surface area (Å²) in [5.41, 5.74) is 2.12. The molecule has 1 aliphatic heterocycles. The fourth-order valence-electron chi connectivity index (χ4n) is 3.12. The summed E-state index contributed by atoms with van der Waals surface area (Å²) in [6, 6.07) is 5.10. The molecule has 1 aromatic carbocycles. The molecule has 1 atom stereocenters. The van der Waals surface area contributed by atoms with E-state index in [0.717, 1.165) is 29.0 Å². The van der Waals surface area contributed by atoms with E-state index in [1.807, 2.05) is 18.4 Å². The Hall–Kier alpha value is -1.93. The van der Waals surface area contributed by atoms with Crippen molar-refractivity contribution in [3.05, 3.63) is 45.9 Å². The normalized spacial score (nSPS) is 15.8. The third-order valence-electron chi connectivity index (χ3n) is 4.65. The van der Waals surface area contributed by atoms with Crippen LogP contribution in [0.2, 0.25) is 0 Å². The number of hydrogen-bond acceptors (Lipinski definition) is 5. The van der Waals surface area contributed by atoms with Crippen LogP contribution in [0.3, 0.4) is 0 Å². The number of rotatable bonds is 4. The van der Waals surface area contributed by atoms with Crippen molar-refractivity contribution in [3.8, 4) is 0 Å². The number of carbonyl (C=O) groups is 1. The molecule has 8 heteroatoms. The van der Waals surface area contributed by atoms with Crippen molar-refractivity contribution in [3.63, 3.8) is 0 Å². The van der Waals surface area contributed by atoms with Gasteiger partial charge in [0.1, 0.15) is 5.01 Å². The molecule has 0 radical (unpaired) electrons. The van der Waals surface area contributed by atoms with Gasteiger partial charge in [0.05, 0.1) is 10.9 Å². The van der Waals surface area contributed by atoms with Gasteiger partial charge in [-0.3, -0.25) is 0 Å². The topological polar surface area (TPSA) is 79.4 Å². The zero-order valence-corrected chi connectivity index (χ0v) is 16.6. The quantitative estimate of drug-likeness (QED) is 0.866. The first kappa shape index (κ1) is 18.8. The van der Waals surface area contributed by atoms with Gasteiger partial charge in [-0.2, -0.15) is 0 Å². The highest BCUT2D eigenvalue weighted by atomic mass is 32.2. The van der Waals surface area contributed by atoms with Crippen molar-refractivity contribution in [2.75, 3.05) is 19.3 Å². The molecule has 2 amide bonds. The number of benzene rings is 1. The number of urea groups is 1. The molecule has 0 unspecified atom stereocenters. The van der Waals surface area contributed by atoms with Gasteiger partial charge >= 0.3 is 6.03 Å². The highest BCUT2D eigenvalue weighted by Gasteiger charge is 2.22. The van der Waals surface area contributed by atoms with E-state index in [2.05, 4.69) is 10.3 Å². The number of nitrogens with one attached hydrogen (secondary N) is 1. The van der Waals surface area contributed by atoms with Crippen molar-refractivity contribution < 1.29 is 13.2 Å². The van der Waals surface area contributed by atoms with Crippen molar-refractivity contribution in [1.29, 1.82) is 0 Å². The molecule has 1 aliphatic rings. The number of carbonyl (C=O) groups excluding carboxylic acids is 1. The Bertz CT molecular complexity index is 879. The lowest BCUT2D eigenvalue weighted by Crippen LogP contribution is -2.42. The van der Waals surface area contributed by atoms with E-state index >= 15 is 0 Å². The summed E-state index contributed by atoms with van der Waals surface area (Å²) in [5, 5.41) is 5.89. The first-order chi connectivity index (χ1) is 12.4. The van der Waals surface area contributed by atoms with Crippen molar-refractivity contribution >= 4 is 27.2 Å². The molecular formula is C18H23N3O3S2. The molecule has 2 heterocycles. The summed E-state index contributed by atoms with van der Waals surface area (Å²) in [6.45, 7) is 3.21. The summed E-state index contributed by atoms with van der Waals surface area (Å²) < 4.78 is 23.5. The molecule has 26 heavy (non-hydrogen) atoms. The monoisotopic (exact) mass is 393 g/mol. The number of sulfone groups is 1. The van der Waals surface area contributed by atoms with E-state index in [1.54, 1.807) is 34.6 Å². The predicted octanol–water partition coefficient (Wildman–Crippen LogP) is 2.81. The molecule has 0 saturated heterocycles. The molecule has 0 spiro atoms. The molecule has 3 rings (SSSR count). The van der Waals surface area contributed by atoms with E-state index in [9.17, 15) is 13.2 Å². The minimum atomic E-state index is -3.22. The number of aromatic nitrogens is 1. The van der Waals surface area contributed by atoms with E-state index in [4.69, 9.17) is 0 Å². The van der Waals surface area contributed by atoms with Gasteiger partial charge in [0.2, 0.25) is 0 Å². The van der Waals surface area contributed by atoms with Gasteiger partial charge < -0.3 is 10.2 Å². The van der Waals surface area contributed by atoms with Crippen LogP contribution in [0.5, 0.6) is 0 Å². The molecule has 0 saturated carbocycles. The lowest BCUT2D eigenvalue weighted by molar-refractivity contribution is 0.195. The predicted molar refractivity (Wildman–Crippen MR) is 102 cm³/mol. The van der Waals surface area contributed by atoms with Gasteiger partial charge in [-0.1, -0.05) is 13.0 Å². The van der Waals surface area contributed by atoms with Crippen LogP contribution < -0.4 is 5.32 Å². The maximum absolute atomic E-state index is 12.7. The molecule has 6 nitrogen and oxygen atoms in total. The van der Waals surface area contributed by atoms with Crippen LogP contribution in [-0.4, -0.2) is 43.7 Å². The second-order valence-corrected chi connectivity index (χ2v) is 9.41. The molecule has 1 aromatic heterocycles. The summed E-state index contributed by atoms with van der Waals surface area (Å²) in [4.78, 5) is 19.1. The van der Waals surface area contributed by atoms with E-state index < -0.39 is 9.84 Å².